The maximum Gasteiger partial charge on any atom is 0.141 e. The summed E-state index contributed by atoms with van der Waals surface area (Å²) >= 11 is 5.86. The molecule has 0 aliphatic heterocycles. The SMILES string of the molecule is NC1(Cc2ccc(F)c(Cl)c2)CCCc2ccccc21. The second-order valence-corrected chi connectivity index (χ2v) is 6.00. The first-order valence-electron chi connectivity index (χ1n) is 6.90. The van der Waals surface area contributed by atoms with Crippen LogP contribution in [-0.2, 0) is 18.4 Å². The topological polar surface area (TPSA) is 26.0 Å². The minimum absolute atomic E-state index is 0.162. The number of hydrogen-bond acceptors (Lipinski definition) is 1. The van der Waals surface area contributed by atoms with Crippen LogP contribution in [0.5, 0.6) is 0 Å². The van der Waals surface area contributed by atoms with Gasteiger partial charge < -0.3 is 5.73 Å². The van der Waals surface area contributed by atoms with Crippen molar-refractivity contribution in [2.45, 2.75) is 31.2 Å². The van der Waals surface area contributed by atoms with Gasteiger partial charge in [-0.2, -0.15) is 0 Å². The van der Waals surface area contributed by atoms with E-state index in [1.807, 2.05) is 6.07 Å². The molecule has 3 rings (SSSR count). The largest absolute Gasteiger partial charge is 0.321 e. The molecule has 0 spiro atoms. The fourth-order valence-electron chi connectivity index (χ4n) is 3.15. The molecule has 0 saturated carbocycles. The molecule has 2 aromatic rings. The molecule has 1 atom stereocenters. The van der Waals surface area contributed by atoms with Crippen LogP contribution in [0.15, 0.2) is 42.5 Å². The molecular formula is C17H17ClFN. The highest BCUT2D eigenvalue weighted by Crippen LogP contribution is 2.36. The van der Waals surface area contributed by atoms with E-state index in [1.54, 1.807) is 12.1 Å². The minimum atomic E-state index is -0.384. The first-order valence-corrected chi connectivity index (χ1v) is 7.27. The molecule has 2 N–H and O–H groups in total. The van der Waals surface area contributed by atoms with Crippen LogP contribution in [0.2, 0.25) is 5.02 Å². The lowest BCUT2D eigenvalue weighted by Crippen LogP contribution is -2.42. The zero-order chi connectivity index (χ0) is 14.2. The average Bonchev–Trinajstić information content (AvgIpc) is 2.43. The number of rotatable bonds is 2. The summed E-state index contributed by atoms with van der Waals surface area (Å²) in [6, 6.07) is 13.2. The van der Waals surface area contributed by atoms with E-state index in [0.717, 1.165) is 24.8 Å². The zero-order valence-electron chi connectivity index (χ0n) is 11.2. The average molecular weight is 290 g/mol. The normalized spacial score (nSPS) is 21.6. The molecule has 3 heteroatoms. The van der Waals surface area contributed by atoms with E-state index < -0.39 is 0 Å². The third kappa shape index (κ3) is 2.46. The minimum Gasteiger partial charge on any atom is -0.321 e. The lowest BCUT2D eigenvalue weighted by Gasteiger charge is -2.36. The van der Waals surface area contributed by atoms with Crippen molar-refractivity contribution in [1.29, 1.82) is 0 Å². The first-order chi connectivity index (χ1) is 9.58. The summed E-state index contributed by atoms with van der Waals surface area (Å²) in [5, 5.41) is 0.162. The molecule has 1 nitrogen and oxygen atoms in total. The number of aryl methyl sites for hydroxylation is 1. The van der Waals surface area contributed by atoms with Gasteiger partial charge >= 0.3 is 0 Å². The molecule has 20 heavy (non-hydrogen) atoms. The van der Waals surface area contributed by atoms with Crippen molar-refractivity contribution in [3.05, 3.63) is 70.0 Å². The molecule has 1 unspecified atom stereocenters. The lowest BCUT2D eigenvalue weighted by atomic mass is 9.74. The Kier molecular flexibility index (Phi) is 3.53. The molecule has 104 valence electrons. The van der Waals surface area contributed by atoms with Crippen LogP contribution in [0.25, 0.3) is 0 Å². The third-order valence-electron chi connectivity index (χ3n) is 4.13. The molecule has 0 amide bonds. The number of hydrogen-bond donors (Lipinski definition) is 1. The Labute approximate surface area is 123 Å². The van der Waals surface area contributed by atoms with Crippen LogP contribution in [0.3, 0.4) is 0 Å². The standard InChI is InChI=1S/C17H17ClFN/c18-15-10-12(7-8-16(15)19)11-17(20)9-3-5-13-4-1-2-6-14(13)17/h1-2,4,6-8,10H,3,5,9,11,20H2. The van der Waals surface area contributed by atoms with Crippen molar-refractivity contribution in [3.63, 3.8) is 0 Å². The van der Waals surface area contributed by atoms with Gasteiger partial charge in [-0.05, 0) is 54.5 Å². The molecule has 1 aliphatic carbocycles. The number of benzene rings is 2. The van der Waals surface area contributed by atoms with Gasteiger partial charge in [0, 0.05) is 5.54 Å². The maximum absolute atomic E-state index is 13.2. The van der Waals surface area contributed by atoms with E-state index >= 15 is 0 Å². The van der Waals surface area contributed by atoms with Gasteiger partial charge in [0.05, 0.1) is 5.02 Å². The van der Waals surface area contributed by atoms with E-state index in [9.17, 15) is 4.39 Å². The Morgan fingerprint density at radius 3 is 2.80 bits per heavy atom. The predicted molar refractivity (Wildman–Crippen MR) is 80.4 cm³/mol. The number of halogens is 2. The van der Waals surface area contributed by atoms with Crippen LogP contribution in [0.1, 0.15) is 29.5 Å². The second kappa shape index (κ2) is 5.19. The second-order valence-electron chi connectivity index (χ2n) is 5.59. The van der Waals surface area contributed by atoms with Gasteiger partial charge in [0.2, 0.25) is 0 Å². The van der Waals surface area contributed by atoms with E-state index in [4.69, 9.17) is 17.3 Å². The van der Waals surface area contributed by atoms with Crippen molar-refractivity contribution < 1.29 is 4.39 Å². The van der Waals surface area contributed by atoms with Crippen molar-refractivity contribution in [3.8, 4) is 0 Å². The molecule has 1 aliphatic rings. The van der Waals surface area contributed by atoms with Gasteiger partial charge in [0.25, 0.3) is 0 Å². The summed E-state index contributed by atoms with van der Waals surface area (Å²) in [4.78, 5) is 0. The number of nitrogens with two attached hydrogens (primary N) is 1. The highest BCUT2D eigenvalue weighted by atomic mass is 35.5. The van der Waals surface area contributed by atoms with Crippen LogP contribution >= 0.6 is 11.6 Å². The number of fused-ring (bicyclic) bond motifs is 1. The fourth-order valence-corrected chi connectivity index (χ4v) is 3.35. The Morgan fingerprint density at radius 1 is 1.20 bits per heavy atom. The fraction of sp³-hybridized carbons (Fsp3) is 0.294. The Balaban J connectivity index is 1.95. The van der Waals surface area contributed by atoms with Crippen molar-refractivity contribution in [2.24, 2.45) is 5.73 Å². The summed E-state index contributed by atoms with van der Waals surface area (Å²) in [6.07, 6.45) is 3.80. The zero-order valence-corrected chi connectivity index (χ0v) is 12.0. The highest BCUT2D eigenvalue weighted by molar-refractivity contribution is 6.30. The first kappa shape index (κ1) is 13.6. The molecule has 0 fully saturated rings. The molecule has 0 radical (unpaired) electrons. The predicted octanol–water partition coefficient (Wildman–Crippen LogP) is 4.21. The van der Waals surface area contributed by atoms with Gasteiger partial charge in [0.1, 0.15) is 5.82 Å². The maximum atomic E-state index is 13.2. The van der Waals surface area contributed by atoms with Crippen LogP contribution in [0.4, 0.5) is 4.39 Å². The third-order valence-corrected chi connectivity index (χ3v) is 4.42. The van der Waals surface area contributed by atoms with E-state index in [1.165, 1.54) is 17.2 Å². The van der Waals surface area contributed by atoms with E-state index in [0.29, 0.717) is 6.42 Å². The molecule has 2 aromatic carbocycles. The van der Waals surface area contributed by atoms with Crippen molar-refractivity contribution >= 4 is 11.6 Å². The van der Waals surface area contributed by atoms with Crippen LogP contribution in [-0.4, -0.2) is 0 Å². The molecule has 0 bridgehead atoms. The molecular weight excluding hydrogens is 273 g/mol. The van der Waals surface area contributed by atoms with Crippen molar-refractivity contribution in [2.75, 3.05) is 0 Å². The summed E-state index contributed by atoms with van der Waals surface area (Å²) in [5.74, 6) is -0.384. The van der Waals surface area contributed by atoms with Gasteiger partial charge in [-0.1, -0.05) is 41.9 Å². The van der Waals surface area contributed by atoms with Crippen molar-refractivity contribution in [1.82, 2.24) is 0 Å². The Bertz CT molecular complexity index is 641. The Morgan fingerprint density at radius 2 is 2.00 bits per heavy atom. The Hall–Kier alpha value is -1.38. The van der Waals surface area contributed by atoms with Gasteiger partial charge in [0.15, 0.2) is 0 Å². The highest BCUT2D eigenvalue weighted by Gasteiger charge is 2.32. The molecule has 0 heterocycles. The van der Waals surface area contributed by atoms with Gasteiger partial charge in [-0.3, -0.25) is 0 Å². The summed E-state index contributed by atoms with van der Waals surface area (Å²) in [5.41, 5.74) is 9.80. The molecule has 0 saturated heterocycles. The molecule has 0 aromatic heterocycles. The van der Waals surface area contributed by atoms with Gasteiger partial charge in [-0.15, -0.1) is 0 Å². The smallest absolute Gasteiger partial charge is 0.141 e. The lowest BCUT2D eigenvalue weighted by molar-refractivity contribution is 0.369. The van der Waals surface area contributed by atoms with Crippen LogP contribution < -0.4 is 5.73 Å². The quantitative estimate of drug-likeness (QED) is 0.880. The summed E-state index contributed by atoms with van der Waals surface area (Å²) in [6.45, 7) is 0. The van der Waals surface area contributed by atoms with Gasteiger partial charge in [-0.25, -0.2) is 4.39 Å². The monoisotopic (exact) mass is 289 g/mol. The van der Waals surface area contributed by atoms with Crippen LogP contribution in [0, 0.1) is 5.82 Å². The van der Waals surface area contributed by atoms with E-state index in [-0.39, 0.29) is 16.4 Å². The van der Waals surface area contributed by atoms with E-state index in [2.05, 4.69) is 18.2 Å². The summed E-state index contributed by atoms with van der Waals surface area (Å²) < 4.78 is 13.2. The summed E-state index contributed by atoms with van der Waals surface area (Å²) in [7, 11) is 0.